The molecule has 4 heterocycles. The van der Waals surface area contributed by atoms with Crippen molar-refractivity contribution >= 4 is 97.3 Å². The number of aliphatic imine (C=N–C) groups is 1. The fraction of sp³-hybridized carbons (Fsp3) is 0.0200. The van der Waals surface area contributed by atoms with Gasteiger partial charge < -0.3 is 14.5 Å². The average Bonchev–Trinajstić information content (AvgIpc) is 3.91. The predicted octanol–water partition coefficient (Wildman–Crippen LogP) is 13.0. The van der Waals surface area contributed by atoms with Crippen LogP contribution in [0.25, 0.3) is 85.9 Å². The van der Waals surface area contributed by atoms with Crippen molar-refractivity contribution in [2.75, 3.05) is 0 Å². The Hall–Kier alpha value is -6.95. The number of nitrogens with zero attached hydrogens (tertiary/aromatic N) is 3. The SMILES string of the molecule is C1=C(c2ccccc2)NC(n2c3ccccc3c3ccc4sc5ccc6c7ccccc7n(-c7cccc8ccccc78)c6c5c4c32)N=C1c1ccccc1. The van der Waals surface area contributed by atoms with Gasteiger partial charge in [0.25, 0.3) is 0 Å². The van der Waals surface area contributed by atoms with Crippen LogP contribution in [0.4, 0.5) is 0 Å². The van der Waals surface area contributed by atoms with Crippen LogP contribution in [-0.4, -0.2) is 14.8 Å². The molecule has 1 aliphatic rings. The molecule has 0 radical (unpaired) electrons. The van der Waals surface area contributed by atoms with E-state index in [1.165, 1.54) is 74.7 Å². The first-order valence-corrected chi connectivity index (χ1v) is 19.6. The van der Waals surface area contributed by atoms with Crippen LogP contribution in [-0.2, 0) is 0 Å². The Bertz CT molecular complexity index is 3400. The van der Waals surface area contributed by atoms with Gasteiger partial charge in [0.1, 0.15) is 0 Å². The van der Waals surface area contributed by atoms with Gasteiger partial charge in [-0.2, -0.15) is 0 Å². The van der Waals surface area contributed by atoms with Gasteiger partial charge in [0.15, 0.2) is 0 Å². The number of para-hydroxylation sites is 2. The Morgan fingerprint density at radius 3 is 1.82 bits per heavy atom. The Kier molecular flexibility index (Phi) is 6.53. The Morgan fingerprint density at radius 2 is 1.05 bits per heavy atom. The van der Waals surface area contributed by atoms with Crippen molar-refractivity contribution in [3.8, 4) is 5.69 Å². The third-order valence-corrected chi connectivity index (χ3v) is 12.5. The number of aromatic nitrogens is 2. The van der Waals surface area contributed by atoms with Crippen LogP contribution in [0.5, 0.6) is 0 Å². The molecule has 0 fully saturated rings. The lowest BCUT2D eigenvalue weighted by Gasteiger charge is -2.27. The minimum absolute atomic E-state index is 0.401. The van der Waals surface area contributed by atoms with Crippen LogP contribution in [0.15, 0.2) is 187 Å². The summed E-state index contributed by atoms with van der Waals surface area (Å²) in [6, 6.07) is 63.6. The van der Waals surface area contributed by atoms with Crippen LogP contribution in [0.1, 0.15) is 17.4 Å². The minimum Gasteiger partial charge on any atom is -0.346 e. The molecule has 5 heteroatoms. The number of rotatable bonds is 4. The summed E-state index contributed by atoms with van der Waals surface area (Å²) >= 11 is 1.87. The van der Waals surface area contributed by atoms with E-state index in [-0.39, 0.29) is 0 Å². The molecular formula is C50H32N4S. The van der Waals surface area contributed by atoms with E-state index in [2.05, 4.69) is 196 Å². The monoisotopic (exact) mass is 720 g/mol. The first kappa shape index (κ1) is 30.5. The van der Waals surface area contributed by atoms with Gasteiger partial charge in [0.2, 0.25) is 6.29 Å². The molecule has 1 aliphatic heterocycles. The summed E-state index contributed by atoms with van der Waals surface area (Å²) in [6.07, 6.45) is 1.79. The molecule has 0 aliphatic carbocycles. The van der Waals surface area contributed by atoms with Crippen LogP contribution in [0.3, 0.4) is 0 Å². The number of benzene rings is 8. The maximum atomic E-state index is 5.53. The molecule has 3 aromatic heterocycles. The molecule has 0 amide bonds. The summed E-state index contributed by atoms with van der Waals surface area (Å²) in [5, 5.41) is 13.9. The minimum atomic E-state index is -0.401. The molecule has 12 rings (SSSR count). The van der Waals surface area contributed by atoms with Crippen molar-refractivity contribution in [1.29, 1.82) is 0 Å². The Morgan fingerprint density at radius 1 is 0.473 bits per heavy atom. The molecule has 1 unspecified atom stereocenters. The maximum absolute atomic E-state index is 5.53. The molecule has 0 saturated carbocycles. The normalized spacial score (nSPS) is 14.7. The summed E-state index contributed by atoms with van der Waals surface area (Å²) in [5.74, 6) is 0. The van der Waals surface area contributed by atoms with Crippen LogP contribution < -0.4 is 5.32 Å². The molecule has 4 nitrogen and oxygen atoms in total. The third kappa shape index (κ3) is 4.48. The number of thiophene rings is 1. The standard InChI is InChI=1S/C50H32N4S/c1-3-15-32(16-4-1)39-30-40(33-17-5-2-6-18-33)52-50(51-39)54-43-24-12-10-22-36(43)38-27-29-45-47(49(38)54)46-44(55-45)28-26-37-35-21-9-11-23-42(35)53(48(37)46)41-25-13-19-31-14-7-8-20-34(31)41/h1-30,50-51H. The van der Waals surface area contributed by atoms with E-state index < -0.39 is 6.29 Å². The van der Waals surface area contributed by atoms with Gasteiger partial charge in [0.05, 0.1) is 33.5 Å². The summed E-state index contributed by atoms with van der Waals surface area (Å²) in [5.41, 5.74) is 10.2. The topological polar surface area (TPSA) is 34.2 Å². The van der Waals surface area contributed by atoms with E-state index >= 15 is 0 Å². The lowest BCUT2D eigenvalue weighted by atomic mass is 10.0. The van der Waals surface area contributed by atoms with Gasteiger partial charge in [-0.1, -0.05) is 146 Å². The third-order valence-electron chi connectivity index (χ3n) is 11.3. The first-order chi connectivity index (χ1) is 27.3. The van der Waals surface area contributed by atoms with Gasteiger partial charge in [0, 0.05) is 52.8 Å². The smallest absolute Gasteiger partial charge is 0.201 e. The highest BCUT2D eigenvalue weighted by Gasteiger charge is 2.27. The zero-order valence-corrected chi connectivity index (χ0v) is 30.5. The van der Waals surface area contributed by atoms with Crippen molar-refractivity contribution in [2.24, 2.45) is 4.99 Å². The zero-order chi connectivity index (χ0) is 36.0. The molecule has 258 valence electrons. The van der Waals surface area contributed by atoms with Crippen molar-refractivity contribution in [1.82, 2.24) is 14.5 Å². The second kappa shape index (κ2) is 11.8. The van der Waals surface area contributed by atoms with Gasteiger partial charge in [-0.3, -0.25) is 0 Å². The number of fused-ring (bicyclic) bond motifs is 12. The second-order valence-electron chi connectivity index (χ2n) is 14.3. The fourth-order valence-corrected chi connectivity index (χ4v) is 10.1. The molecule has 1 atom stereocenters. The van der Waals surface area contributed by atoms with E-state index in [1.807, 2.05) is 11.3 Å². The lowest BCUT2D eigenvalue weighted by Crippen LogP contribution is -2.29. The predicted molar refractivity (Wildman–Crippen MR) is 234 cm³/mol. The Labute approximate surface area is 320 Å². The lowest BCUT2D eigenvalue weighted by molar-refractivity contribution is 0.509. The van der Waals surface area contributed by atoms with Crippen LogP contribution >= 0.6 is 11.3 Å². The molecule has 1 N–H and O–H groups in total. The summed E-state index contributed by atoms with van der Waals surface area (Å²) in [4.78, 5) is 5.53. The average molecular weight is 721 g/mol. The molecular weight excluding hydrogens is 689 g/mol. The highest BCUT2D eigenvalue weighted by Crippen LogP contribution is 2.48. The Balaban J connectivity index is 1.24. The van der Waals surface area contributed by atoms with Crippen molar-refractivity contribution in [3.05, 3.63) is 193 Å². The highest BCUT2D eigenvalue weighted by atomic mass is 32.1. The van der Waals surface area contributed by atoms with Gasteiger partial charge in [-0.15, -0.1) is 11.3 Å². The zero-order valence-electron chi connectivity index (χ0n) is 29.6. The molecule has 0 bridgehead atoms. The van der Waals surface area contributed by atoms with E-state index in [4.69, 9.17) is 4.99 Å². The van der Waals surface area contributed by atoms with Gasteiger partial charge in [-0.25, -0.2) is 4.99 Å². The number of allylic oxidation sites excluding steroid dienone is 1. The van der Waals surface area contributed by atoms with Crippen LogP contribution in [0.2, 0.25) is 0 Å². The number of hydrogen-bond donors (Lipinski definition) is 1. The van der Waals surface area contributed by atoms with Crippen molar-refractivity contribution in [2.45, 2.75) is 6.29 Å². The molecule has 11 aromatic rings. The van der Waals surface area contributed by atoms with E-state index in [0.29, 0.717) is 0 Å². The van der Waals surface area contributed by atoms with Gasteiger partial charge >= 0.3 is 0 Å². The quantitative estimate of drug-likeness (QED) is 0.193. The van der Waals surface area contributed by atoms with E-state index in [0.717, 1.165) is 28.1 Å². The first-order valence-electron chi connectivity index (χ1n) is 18.8. The number of hydrogen-bond acceptors (Lipinski definition) is 3. The largest absolute Gasteiger partial charge is 0.346 e. The van der Waals surface area contributed by atoms with Crippen molar-refractivity contribution in [3.63, 3.8) is 0 Å². The summed E-state index contributed by atoms with van der Waals surface area (Å²) in [7, 11) is 0. The maximum Gasteiger partial charge on any atom is 0.201 e. The molecule has 55 heavy (non-hydrogen) atoms. The van der Waals surface area contributed by atoms with Gasteiger partial charge in [-0.05, 0) is 52.9 Å². The van der Waals surface area contributed by atoms with E-state index in [1.54, 1.807) is 0 Å². The number of nitrogens with one attached hydrogen (secondary N) is 1. The molecule has 8 aromatic carbocycles. The second-order valence-corrected chi connectivity index (χ2v) is 15.4. The van der Waals surface area contributed by atoms with Crippen molar-refractivity contribution < 1.29 is 0 Å². The summed E-state index contributed by atoms with van der Waals surface area (Å²) < 4.78 is 7.51. The highest BCUT2D eigenvalue weighted by molar-refractivity contribution is 7.26. The molecule has 0 spiro atoms. The van der Waals surface area contributed by atoms with E-state index in [9.17, 15) is 0 Å². The molecule has 0 saturated heterocycles. The van der Waals surface area contributed by atoms with Crippen LogP contribution in [0, 0.1) is 0 Å². The fourth-order valence-electron chi connectivity index (χ4n) is 8.98. The summed E-state index contributed by atoms with van der Waals surface area (Å²) in [6.45, 7) is 0.